The molecule has 0 spiro atoms. The number of carbonyl (C=O) groups excluding carboxylic acids is 2. The van der Waals surface area contributed by atoms with Crippen molar-refractivity contribution in [1.82, 2.24) is 5.32 Å². The van der Waals surface area contributed by atoms with E-state index in [-0.39, 0.29) is 12.5 Å². The molecule has 0 unspecified atom stereocenters. The molecule has 7 heteroatoms. The van der Waals surface area contributed by atoms with Crippen LogP contribution in [-0.4, -0.2) is 18.0 Å². The molecular formula is C17H15F3N2O2. The Morgan fingerprint density at radius 2 is 1.62 bits per heavy atom. The van der Waals surface area contributed by atoms with Crippen LogP contribution < -0.4 is 10.6 Å². The Bertz CT molecular complexity index is 740. The summed E-state index contributed by atoms with van der Waals surface area (Å²) in [6, 6.07) is 13.3. The second kappa shape index (κ2) is 7.16. The molecule has 0 atom stereocenters. The Morgan fingerprint density at radius 3 is 2.21 bits per heavy atom. The smallest absolute Gasteiger partial charge is 0.344 e. The molecular weight excluding hydrogens is 321 g/mol. The summed E-state index contributed by atoms with van der Waals surface area (Å²) in [5.74, 6) is -2.26. The van der Waals surface area contributed by atoms with Gasteiger partial charge in [0.2, 0.25) is 0 Å². The maximum Gasteiger partial charge on any atom is 0.471 e. The monoisotopic (exact) mass is 336 g/mol. The van der Waals surface area contributed by atoms with Crippen LogP contribution in [0.2, 0.25) is 0 Å². The molecule has 0 bridgehead atoms. The molecule has 2 N–H and O–H groups in total. The van der Waals surface area contributed by atoms with Gasteiger partial charge in [-0.15, -0.1) is 0 Å². The van der Waals surface area contributed by atoms with Crippen LogP contribution in [0.3, 0.4) is 0 Å². The van der Waals surface area contributed by atoms with Crippen LogP contribution in [0, 0.1) is 6.92 Å². The van der Waals surface area contributed by atoms with Crippen molar-refractivity contribution in [2.45, 2.75) is 19.6 Å². The van der Waals surface area contributed by atoms with Crippen molar-refractivity contribution in [1.29, 1.82) is 0 Å². The molecule has 2 rings (SSSR count). The highest BCUT2D eigenvalue weighted by atomic mass is 19.4. The van der Waals surface area contributed by atoms with Gasteiger partial charge in [0, 0.05) is 17.8 Å². The van der Waals surface area contributed by atoms with Crippen LogP contribution >= 0.6 is 0 Å². The summed E-state index contributed by atoms with van der Waals surface area (Å²) in [6.45, 7) is 1.58. The molecule has 0 fully saturated rings. The predicted molar refractivity (Wildman–Crippen MR) is 83.5 cm³/mol. The number of carbonyl (C=O) groups is 2. The van der Waals surface area contributed by atoms with Gasteiger partial charge in [-0.3, -0.25) is 9.59 Å². The maximum atomic E-state index is 12.2. The van der Waals surface area contributed by atoms with Gasteiger partial charge < -0.3 is 10.6 Å². The number of rotatable bonds is 4. The highest BCUT2D eigenvalue weighted by molar-refractivity contribution is 6.05. The van der Waals surface area contributed by atoms with Gasteiger partial charge in [-0.05, 0) is 36.2 Å². The lowest BCUT2D eigenvalue weighted by atomic mass is 10.1. The van der Waals surface area contributed by atoms with E-state index in [4.69, 9.17) is 0 Å². The molecule has 0 aromatic heterocycles. The first-order valence-electron chi connectivity index (χ1n) is 7.08. The van der Waals surface area contributed by atoms with E-state index in [2.05, 4.69) is 5.32 Å². The van der Waals surface area contributed by atoms with Crippen molar-refractivity contribution >= 4 is 17.5 Å². The number of alkyl halides is 3. The van der Waals surface area contributed by atoms with Crippen molar-refractivity contribution in [2.24, 2.45) is 0 Å². The van der Waals surface area contributed by atoms with Crippen molar-refractivity contribution in [3.8, 4) is 0 Å². The molecule has 2 amide bonds. The van der Waals surface area contributed by atoms with Crippen molar-refractivity contribution in [3.63, 3.8) is 0 Å². The van der Waals surface area contributed by atoms with E-state index < -0.39 is 12.1 Å². The predicted octanol–water partition coefficient (Wildman–Crippen LogP) is 3.43. The second-order valence-electron chi connectivity index (χ2n) is 5.15. The van der Waals surface area contributed by atoms with Crippen LogP contribution in [0.4, 0.5) is 18.9 Å². The highest BCUT2D eigenvalue weighted by Gasteiger charge is 2.38. The normalized spacial score (nSPS) is 11.0. The number of amides is 2. The first-order chi connectivity index (χ1) is 11.3. The Hall–Kier alpha value is -2.83. The summed E-state index contributed by atoms with van der Waals surface area (Å²) in [6.07, 6.45) is -4.90. The molecule has 0 saturated carbocycles. The van der Waals surface area contributed by atoms with E-state index in [0.717, 1.165) is 5.56 Å². The molecule has 2 aromatic carbocycles. The fraction of sp³-hybridized carbons (Fsp3) is 0.176. The van der Waals surface area contributed by atoms with E-state index >= 15 is 0 Å². The Morgan fingerprint density at radius 1 is 1.00 bits per heavy atom. The molecule has 0 radical (unpaired) electrons. The average Bonchev–Trinajstić information content (AvgIpc) is 2.53. The average molecular weight is 336 g/mol. The molecule has 2 aromatic rings. The zero-order valence-electron chi connectivity index (χ0n) is 12.8. The number of hydrogen-bond donors (Lipinski definition) is 2. The van der Waals surface area contributed by atoms with Crippen LogP contribution in [-0.2, 0) is 11.3 Å². The molecule has 126 valence electrons. The van der Waals surface area contributed by atoms with E-state index in [1.165, 1.54) is 12.1 Å². The number of benzene rings is 2. The third-order valence-corrected chi connectivity index (χ3v) is 3.31. The van der Waals surface area contributed by atoms with Crippen molar-refractivity contribution in [2.75, 3.05) is 5.32 Å². The van der Waals surface area contributed by atoms with Gasteiger partial charge in [-0.2, -0.15) is 13.2 Å². The van der Waals surface area contributed by atoms with E-state index in [0.29, 0.717) is 16.8 Å². The molecule has 24 heavy (non-hydrogen) atoms. The summed E-state index contributed by atoms with van der Waals surface area (Å²) in [4.78, 5) is 22.9. The lowest BCUT2D eigenvalue weighted by Crippen LogP contribution is -2.36. The van der Waals surface area contributed by atoms with Gasteiger partial charge in [-0.1, -0.05) is 30.3 Å². The minimum Gasteiger partial charge on any atom is -0.344 e. The fourth-order valence-electron chi connectivity index (χ4n) is 2.01. The molecule has 0 saturated heterocycles. The second-order valence-corrected chi connectivity index (χ2v) is 5.15. The van der Waals surface area contributed by atoms with Gasteiger partial charge in [0.05, 0.1) is 0 Å². The van der Waals surface area contributed by atoms with Crippen LogP contribution in [0.15, 0.2) is 48.5 Å². The molecule has 0 heterocycles. The zero-order chi connectivity index (χ0) is 17.7. The summed E-state index contributed by atoms with van der Waals surface area (Å²) in [5, 5.41) is 4.49. The number of nitrogens with one attached hydrogen (secondary N) is 2. The minimum atomic E-state index is -4.90. The number of anilines is 1. The SMILES string of the molecule is Cc1ccccc1C(=O)Nc1ccc(CNC(=O)C(F)(F)F)cc1. The van der Waals surface area contributed by atoms with Gasteiger partial charge in [0.1, 0.15) is 0 Å². The highest BCUT2D eigenvalue weighted by Crippen LogP contribution is 2.16. The molecule has 0 aliphatic heterocycles. The Labute approximate surface area is 136 Å². The van der Waals surface area contributed by atoms with Crippen LogP contribution in [0.5, 0.6) is 0 Å². The fourth-order valence-corrected chi connectivity index (χ4v) is 2.01. The lowest BCUT2D eigenvalue weighted by Gasteiger charge is -2.10. The van der Waals surface area contributed by atoms with Gasteiger partial charge in [0.25, 0.3) is 5.91 Å². The number of hydrogen-bond acceptors (Lipinski definition) is 2. The van der Waals surface area contributed by atoms with E-state index in [1.807, 2.05) is 19.1 Å². The first kappa shape index (κ1) is 17.5. The first-order valence-corrected chi connectivity index (χ1v) is 7.08. The maximum absolute atomic E-state index is 12.2. The topological polar surface area (TPSA) is 58.2 Å². The van der Waals surface area contributed by atoms with Crippen LogP contribution in [0.1, 0.15) is 21.5 Å². The lowest BCUT2D eigenvalue weighted by molar-refractivity contribution is -0.173. The molecule has 0 aliphatic carbocycles. The minimum absolute atomic E-state index is 0.246. The molecule has 0 aliphatic rings. The largest absolute Gasteiger partial charge is 0.471 e. The summed E-state index contributed by atoms with van der Waals surface area (Å²) >= 11 is 0. The number of aryl methyl sites for hydroxylation is 1. The van der Waals surface area contributed by atoms with Crippen molar-refractivity contribution in [3.05, 3.63) is 65.2 Å². The standard InChI is InChI=1S/C17H15F3N2O2/c1-11-4-2-3-5-14(11)15(23)22-13-8-6-12(7-9-13)10-21-16(24)17(18,19)20/h2-9H,10H2,1H3,(H,21,24)(H,22,23). The zero-order valence-corrected chi connectivity index (χ0v) is 12.8. The molecule has 4 nitrogen and oxygen atoms in total. The summed E-state index contributed by atoms with van der Waals surface area (Å²) in [5.41, 5.74) is 2.37. The van der Waals surface area contributed by atoms with Gasteiger partial charge >= 0.3 is 12.1 Å². The summed E-state index contributed by atoms with van der Waals surface area (Å²) < 4.78 is 36.3. The van der Waals surface area contributed by atoms with Crippen molar-refractivity contribution < 1.29 is 22.8 Å². The van der Waals surface area contributed by atoms with Gasteiger partial charge in [0.15, 0.2) is 0 Å². The summed E-state index contributed by atoms with van der Waals surface area (Å²) in [7, 11) is 0. The van der Waals surface area contributed by atoms with E-state index in [1.54, 1.807) is 29.6 Å². The number of halogens is 3. The van der Waals surface area contributed by atoms with Crippen LogP contribution in [0.25, 0.3) is 0 Å². The Balaban J connectivity index is 1.96. The quantitative estimate of drug-likeness (QED) is 0.899. The van der Waals surface area contributed by atoms with E-state index in [9.17, 15) is 22.8 Å². The van der Waals surface area contributed by atoms with Gasteiger partial charge in [-0.25, -0.2) is 0 Å². The third kappa shape index (κ3) is 4.58. The Kier molecular flexibility index (Phi) is 5.23. The third-order valence-electron chi connectivity index (χ3n) is 3.31.